The summed E-state index contributed by atoms with van der Waals surface area (Å²) in [5.41, 5.74) is -3.12. The Hall–Kier alpha value is -0.380. The van der Waals surface area contributed by atoms with Gasteiger partial charge in [-0.05, 0) is 26.7 Å². The summed E-state index contributed by atoms with van der Waals surface area (Å²) in [4.78, 5) is 0. The van der Waals surface area contributed by atoms with Gasteiger partial charge in [0, 0.05) is 25.7 Å². The Labute approximate surface area is 296 Å². The molecule has 49 heavy (non-hydrogen) atoms. The van der Waals surface area contributed by atoms with E-state index in [0.29, 0.717) is 12.8 Å². The summed E-state index contributed by atoms with van der Waals surface area (Å²) < 4.78 is 103. The smallest absolute Gasteiger partial charge is 0.273 e. The molecule has 13 heteroatoms. The van der Waals surface area contributed by atoms with Crippen LogP contribution in [-0.2, 0) is 43.9 Å². The minimum atomic E-state index is -4.69. The first-order valence-electron chi connectivity index (χ1n) is 19.4. The molecule has 0 saturated carbocycles. The van der Waals surface area contributed by atoms with E-state index in [2.05, 4.69) is 13.8 Å². The fourth-order valence-electron chi connectivity index (χ4n) is 8.93. The lowest BCUT2D eigenvalue weighted by atomic mass is 9.67. The van der Waals surface area contributed by atoms with E-state index in [9.17, 15) is 25.9 Å². The average Bonchev–Trinajstić information content (AvgIpc) is 2.94. The SMILES string of the molecule is CCCCCCCCCCC(C)(C1(C2(OC3(C4(C(C)(CCCCCCCCCC)S(=O)(=O)O)CCO4)CCO3)CCO2)CCO1)S(=O)(=O)O. The predicted octanol–water partition coefficient (Wildman–Crippen LogP) is 7.91. The van der Waals surface area contributed by atoms with E-state index in [0.717, 1.165) is 51.4 Å². The highest BCUT2D eigenvalue weighted by Crippen LogP contribution is 2.63. The van der Waals surface area contributed by atoms with Crippen LogP contribution in [0.5, 0.6) is 0 Å². The highest BCUT2D eigenvalue weighted by Gasteiger charge is 2.80. The van der Waals surface area contributed by atoms with Gasteiger partial charge in [0.05, 0.1) is 26.4 Å². The Morgan fingerprint density at radius 3 is 0.980 bits per heavy atom. The fourth-order valence-corrected chi connectivity index (χ4v) is 11.2. The van der Waals surface area contributed by atoms with Gasteiger partial charge in [-0.2, -0.15) is 16.8 Å². The van der Waals surface area contributed by atoms with E-state index in [1.807, 2.05) is 0 Å². The fraction of sp³-hybridized carbons (Fsp3) is 1.00. The monoisotopic (exact) mass is 738 g/mol. The van der Waals surface area contributed by atoms with Crippen molar-refractivity contribution >= 4 is 20.2 Å². The van der Waals surface area contributed by atoms with Crippen LogP contribution >= 0.6 is 0 Å². The van der Waals surface area contributed by atoms with Gasteiger partial charge in [-0.25, -0.2) is 0 Å². The van der Waals surface area contributed by atoms with Crippen LogP contribution in [0.1, 0.15) is 169 Å². The molecule has 4 heterocycles. The molecular weight excluding hydrogens is 673 g/mol. The van der Waals surface area contributed by atoms with E-state index in [-0.39, 0.29) is 65.0 Å². The van der Waals surface area contributed by atoms with Crippen molar-refractivity contribution < 1.29 is 49.6 Å². The predicted molar refractivity (Wildman–Crippen MR) is 189 cm³/mol. The first-order chi connectivity index (χ1) is 23.2. The first kappa shape index (κ1) is 41.4. The van der Waals surface area contributed by atoms with Gasteiger partial charge in [0.25, 0.3) is 20.2 Å². The maximum absolute atomic E-state index is 13.4. The summed E-state index contributed by atoms with van der Waals surface area (Å²) in [7, 11) is -9.38. The van der Waals surface area contributed by atoms with Crippen molar-refractivity contribution in [3.8, 4) is 0 Å². The summed E-state index contributed by atoms with van der Waals surface area (Å²) in [6.07, 6.45) is 17.7. The van der Waals surface area contributed by atoms with Gasteiger partial charge in [0.15, 0.2) is 0 Å². The lowest BCUT2D eigenvalue weighted by molar-refractivity contribution is -0.522. The van der Waals surface area contributed by atoms with Crippen LogP contribution in [-0.4, -0.2) is 84.6 Å². The Kier molecular flexibility index (Phi) is 14.1. The van der Waals surface area contributed by atoms with Crippen molar-refractivity contribution in [2.75, 3.05) is 26.4 Å². The maximum Gasteiger partial charge on any atom is 0.273 e. The molecule has 0 aromatic carbocycles. The van der Waals surface area contributed by atoms with Gasteiger partial charge < -0.3 is 23.7 Å². The van der Waals surface area contributed by atoms with Crippen LogP contribution in [0.4, 0.5) is 0 Å². The highest BCUT2D eigenvalue weighted by molar-refractivity contribution is 7.87. The molecule has 288 valence electrons. The Morgan fingerprint density at radius 2 is 0.776 bits per heavy atom. The summed E-state index contributed by atoms with van der Waals surface area (Å²) >= 11 is 0. The number of hydrogen-bond acceptors (Lipinski definition) is 9. The van der Waals surface area contributed by atoms with E-state index in [4.69, 9.17) is 23.7 Å². The zero-order valence-corrected chi connectivity index (χ0v) is 32.4. The molecular formula is C36H66O11S2. The molecule has 0 aliphatic carbocycles. The molecule has 6 atom stereocenters. The third-order valence-corrected chi connectivity index (χ3v) is 15.9. The van der Waals surface area contributed by atoms with Crippen LogP contribution in [0.15, 0.2) is 0 Å². The van der Waals surface area contributed by atoms with Gasteiger partial charge in [-0.15, -0.1) is 0 Å². The van der Waals surface area contributed by atoms with Gasteiger partial charge >= 0.3 is 0 Å². The Balaban J connectivity index is 1.57. The standard InChI is InChI=1S/C36H66O11S2/c1-5-7-9-11-13-15-17-19-21-31(3,48(37,38)39)33(23-27-43-33)35(25-29-45-35)47-36(26-30-46-36)34(24-28-44-34)32(4,49(40,41)42)22-20-18-16-14-12-10-8-6-2/h5-30H2,1-4H3,(H,37,38,39)(H,40,41,42). The van der Waals surface area contributed by atoms with Gasteiger partial charge in [0.2, 0.25) is 11.6 Å². The largest absolute Gasteiger partial charge is 0.367 e. The number of hydrogen-bond donors (Lipinski definition) is 2. The molecule has 4 aliphatic rings. The number of rotatable bonds is 26. The highest BCUT2D eigenvalue weighted by atomic mass is 32.2. The van der Waals surface area contributed by atoms with Gasteiger partial charge in [0.1, 0.15) is 20.7 Å². The molecule has 11 nitrogen and oxygen atoms in total. The summed E-state index contributed by atoms with van der Waals surface area (Å²) in [6.45, 7) is 8.44. The van der Waals surface area contributed by atoms with Crippen molar-refractivity contribution in [3.05, 3.63) is 0 Å². The quantitative estimate of drug-likeness (QED) is 0.0657. The average molecular weight is 739 g/mol. The molecule has 4 fully saturated rings. The van der Waals surface area contributed by atoms with Crippen molar-refractivity contribution in [1.29, 1.82) is 0 Å². The lowest BCUT2D eigenvalue weighted by Crippen LogP contribution is -2.85. The molecule has 0 bridgehead atoms. The van der Waals surface area contributed by atoms with Crippen molar-refractivity contribution in [2.24, 2.45) is 0 Å². The number of ether oxygens (including phenoxy) is 5. The van der Waals surface area contributed by atoms with Crippen molar-refractivity contribution in [2.45, 2.75) is 201 Å². The summed E-state index contributed by atoms with van der Waals surface area (Å²) in [5.74, 6) is -3.28. The lowest BCUT2D eigenvalue weighted by Gasteiger charge is -2.69. The molecule has 4 aliphatic heterocycles. The molecule has 0 aromatic rings. The van der Waals surface area contributed by atoms with Crippen LogP contribution in [0.2, 0.25) is 0 Å². The molecule has 6 unspecified atom stereocenters. The molecule has 0 spiro atoms. The summed E-state index contributed by atoms with van der Waals surface area (Å²) in [6, 6.07) is 0. The van der Waals surface area contributed by atoms with Crippen LogP contribution in [0.25, 0.3) is 0 Å². The zero-order valence-electron chi connectivity index (χ0n) is 30.8. The summed E-state index contributed by atoms with van der Waals surface area (Å²) in [5, 5.41) is 0. The Bertz CT molecular complexity index is 1160. The molecule has 4 rings (SSSR count). The van der Waals surface area contributed by atoms with Gasteiger partial charge in [-0.1, -0.05) is 117 Å². The van der Waals surface area contributed by atoms with Crippen LogP contribution in [0.3, 0.4) is 0 Å². The van der Waals surface area contributed by atoms with Gasteiger partial charge in [-0.3, -0.25) is 9.11 Å². The van der Waals surface area contributed by atoms with E-state index >= 15 is 0 Å². The second-order valence-corrected chi connectivity index (χ2v) is 19.2. The minimum absolute atomic E-state index is 0.145. The third-order valence-electron chi connectivity index (χ3n) is 12.6. The molecule has 4 saturated heterocycles. The first-order valence-corrected chi connectivity index (χ1v) is 22.2. The van der Waals surface area contributed by atoms with E-state index in [1.165, 1.54) is 52.4 Å². The van der Waals surface area contributed by atoms with Crippen LogP contribution < -0.4 is 0 Å². The molecule has 2 N–H and O–H groups in total. The van der Waals surface area contributed by atoms with E-state index < -0.39 is 52.5 Å². The van der Waals surface area contributed by atoms with Crippen molar-refractivity contribution in [3.63, 3.8) is 0 Å². The van der Waals surface area contributed by atoms with Crippen LogP contribution in [0, 0.1) is 0 Å². The Morgan fingerprint density at radius 1 is 0.510 bits per heavy atom. The minimum Gasteiger partial charge on any atom is -0.367 e. The zero-order chi connectivity index (χ0) is 35.9. The topological polar surface area (TPSA) is 155 Å². The third kappa shape index (κ3) is 7.68. The normalized spacial score (nSPS) is 32.6. The molecule has 0 radical (unpaired) electrons. The van der Waals surface area contributed by atoms with E-state index in [1.54, 1.807) is 0 Å². The van der Waals surface area contributed by atoms with Crippen molar-refractivity contribution in [1.82, 2.24) is 0 Å². The second-order valence-electron chi connectivity index (χ2n) is 15.5. The molecule has 0 aromatic heterocycles. The maximum atomic E-state index is 13.4. The second kappa shape index (κ2) is 16.7. The number of unbranched alkanes of at least 4 members (excludes halogenated alkanes) is 14. The molecule has 0 amide bonds.